The number of benzene rings is 1. The van der Waals surface area contributed by atoms with E-state index in [1.807, 2.05) is 6.07 Å². The summed E-state index contributed by atoms with van der Waals surface area (Å²) >= 11 is 5.77. The summed E-state index contributed by atoms with van der Waals surface area (Å²) < 4.78 is 0. The van der Waals surface area contributed by atoms with Gasteiger partial charge in [0.2, 0.25) is 0 Å². The molecular formula is C10H10ClN3O2. The van der Waals surface area contributed by atoms with Crippen molar-refractivity contribution in [1.82, 2.24) is 0 Å². The second-order valence-electron chi connectivity index (χ2n) is 3.19. The Balaban J connectivity index is 3.08. The average Bonchev–Trinajstić information content (AvgIpc) is 2.24. The third-order valence-corrected chi connectivity index (χ3v) is 2.42. The Kier molecular flexibility index (Phi) is 4.09. The molecule has 0 aromatic heterocycles. The molecule has 0 saturated heterocycles. The summed E-state index contributed by atoms with van der Waals surface area (Å²) in [6.45, 7) is 0.428. The van der Waals surface area contributed by atoms with Gasteiger partial charge in [0.05, 0.1) is 17.4 Å². The molecule has 0 heterocycles. The first kappa shape index (κ1) is 12.3. The highest BCUT2D eigenvalue weighted by atomic mass is 35.5. The van der Waals surface area contributed by atoms with Crippen LogP contribution in [-0.4, -0.2) is 18.5 Å². The van der Waals surface area contributed by atoms with Gasteiger partial charge in [-0.3, -0.25) is 10.1 Å². The van der Waals surface area contributed by atoms with E-state index < -0.39 is 4.92 Å². The number of para-hydroxylation sites is 1. The molecule has 0 unspecified atom stereocenters. The zero-order valence-electron chi connectivity index (χ0n) is 8.68. The van der Waals surface area contributed by atoms with Gasteiger partial charge >= 0.3 is 5.69 Å². The van der Waals surface area contributed by atoms with Crippen molar-refractivity contribution in [1.29, 1.82) is 5.26 Å². The third kappa shape index (κ3) is 2.61. The molecule has 84 valence electrons. The van der Waals surface area contributed by atoms with E-state index in [0.717, 1.165) is 0 Å². The zero-order chi connectivity index (χ0) is 12.1. The molecule has 16 heavy (non-hydrogen) atoms. The molecule has 0 atom stereocenters. The Bertz CT molecular complexity index is 442. The molecule has 1 rings (SSSR count). The van der Waals surface area contributed by atoms with Crippen molar-refractivity contribution in [2.45, 2.75) is 6.42 Å². The van der Waals surface area contributed by atoms with Crippen LogP contribution in [0.2, 0.25) is 5.02 Å². The van der Waals surface area contributed by atoms with Crippen molar-refractivity contribution < 1.29 is 4.92 Å². The maximum atomic E-state index is 10.9. The number of nitrogens with zero attached hydrogens (tertiary/aromatic N) is 3. The van der Waals surface area contributed by atoms with Crippen LogP contribution in [0.5, 0.6) is 0 Å². The lowest BCUT2D eigenvalue weighted by Gasteiger charge is -2.17. The number of nitro groups is 1. The molecule has 1 aromatic rings. The second-order valence-corrected chi connectivity index (χ2v) is 3.60. The van der Waals surface area contributed by atoms with Gasteiger partial charge in [-0.05, 0) is 12.1 Å². The maximum Gasteiger partial charge on any atom is 0.310 e. The second kappa shape index (κ2) is 5.33. The molecule has 6 heteroatoms. The molecule has 1 aromatic carbocycles. The summed E-state index contributed by atoms with van der Waals surface area (Å²) in [5.41, 5.74) is 0.303. The molecule has 0 saturated carbocycles. The summed E-state index contributed by atoms with van der Waals surface area (Å²) in [6, 6.07) is 6.72. The molecule has 0 bridgehead atoms. The minimum absolute atomic E-state index is 0.103. The van der Waals surface area contributed by atoms with E-state index in [-0.39, 0.29) is 10.7 Å². The third-order valence-electron chi connectivity index (χ3n) is 2.12. The quantitative estimate of drug-likeness (QED) is 0.598. The normalized spacial score (nSPS) is 9.56. The van der Waals surface area contributed by atoms with Gasteiger partial charge in [0, 0.05) is 13.6 Å². The Morgan fingerprint density at radius 2 is 2.31 bits per heavy atom. The first-order valence-electron chi connectivity index (χ1n) is 4.59. The Morgan fingerprint density at radius 1 is 1.62 bits per heavy atom. The number of rotatable bonds is 4. The summed E-state index contributed by atoms with van der Waals surface area (Å²) in [4.78, 5) is 12.0. The topological polar surface area (TPSA) is 70.2 Å². The molecule has 0 aliphatic heterocycles. The van der Waals surface area contributed by atoms with E-state index in [1.54, 1.807) is 24.1 Å². The van der Waals surface area contributed by atoms with Crippen molar-refractivity contribution in [2.75, 3.05) is 18.5 Å². The molecule has 0 N–H and O–H groups in total. The van der Waals surface area contributed by atoms with Gasteiger partial charge in [0.25, 0.3) is 0 Å². The number of halogens is 1. The lowest BCUT2D eigenvalue weighted by atomic mass is 10.2. The van der Waals surface area contributed by atoms with Crippen LogP contribution in [0.25, 0.3) is 0 Å². The number of nitriles is 1. The van der Waals surface area contributed by atoms with Crippen molar-refractivity contribution in [3.05, 3.63) is 33.3 Å². The van der Waals surface area contributed by atoms with Gasteiger partial charge < -0.3 is 4.90 Å². The first-order valence-corrected chi connectivity index (χ1v) is 4.96. The molecule has 0 radical (unpaired) electrons. The summed E-state index contributed by atoms with van der Waals surface area (Å²) in [5, 5.41) is 19.4. The van der Waals surface area contributed by atoms with Crippen LogP contribution in [0.1, 0.15) is 6.42 Å². The summed E-state index contributed by atoms with van der Waals surface area (Å²) in [5.74, 6) is 0. The monoisotopic (exact) mass is 239 g/mol. The Labute approximate surface area is 98.0 Å². The fourth-order valence-corrected chi connectivity index (χ4v) is 1.57. The van der Waals surface area contributed by atoms with Crippen LogP contribution in [0.15, 0.2) is 18.2 Å². The van der Waals surface area contributed by atoms with Crippen LogP contribution in [0.3, 0.4) is 0 Å². The van der Waals surface area contributed by atoms with E-state index in [9.17, 15) is 10.1 Å². The average molecular weight is 240 g/mol. The summed E-state index contributed by atoms with van der Waals surface area (Å²) in [7, 11) is 1.69. The first-order chi connectivity index (χ1) is 7.57. The van der Waals surface area contributed by atoms with E-state index in [1.165, 1.54) is 6.07 Å². The Morgan fingerprint density at radius 3 is 2.88 bits per heavy atom. The van der Waals surface area contributed by atoms with Crippen LogP contribution in [0.4, 0.5) is 11.4 Å². The number of nitro benzene ring substituents is 1. The summed E-state index contributed by atoms with van der Waals surface area (Å²) in [6.07, 6.45) is 0.306. The molecule has 0 aliphatic rings. The van der Waals surface area contributed by atoms with Gasteiger partial charge in [-0.2, -0.15) is 5.26 Å². The molecule has 0 fully saturated rings. The highest BCUT2D eigenvalue weighted by Crippen LogP contribution is 2.34. The van der Waals surface area contributed by atoms with Crippen LogP contribution in [-0.2, 0) is 0 Å². The van der Waals surface area contributed by atoms with Crippen molar-refractivity contribution >= 4 is 23.0 Å². The molecule has 5 nitrogen and oxygen atoms in total. The predicted molar refractivity (Wildman–Crippen MR) is 61.6 cm³/mol. The zero-order valence-corrected chi connectivity index (χ0v) is 9.44. The number of hydrogen-bond donors (Lipinski definition) is 0. The molecule has 0 aliphatic carbocycles. The van der Waals surface area contributed by atoms with Gasteiger partial charge in [-0.1, -0.05) is 17.7 Å². The minimum Gasteiger partial charge on any atom is -0.368 e. The maximum absolute atomic E-state index is 10.9. The molecule has 0 amide bonds. The van der Waals surface area contributed by atoms with Crippen LogP contribution < -0.4 is 4.90 Å². The standard InChI is InChI=1S/C10H10ClN3O2/c1-13(7-3-6-12)9-5-2-4-8(11)10(9)14(15)16/h2,4-5H,3,7H2,1H3. The van der Waals surface area contributed by atoms with E-state index in [2.05, 4.69) is 0 Å². The largest absolute Gasteiger partial charge is 0.368 e. The van der Waals surface area contributed by atoms with Crippen LogP contribution >= 0.6 is 11.6 Å². The van der Waals surface area contributed by atoms with Crippen molar-refractivity contribution in [3.63, 3.8) is 0 Å². The fourth-order valence-electron chi connectivity index (χ4n) is 1.33. The lowest BCUT2D eigenvalue weighted by molar-refractivity contribution is -0.384. The van der Waals surface area contributed by atoms with Crippen molar-refractivity contribution in [3.8, 4) is 6.07 Å². The number of hydrogen-bond acceptors (Lipinski definition) is 4. The smallest absolute Gasteiger partial charge is 0.310 e. The van der Waals surface area contributed by atoms with E-state index in [4.69, 9.17) is 16.9 Å². The lowest BCUT2D eigenvalue weighted by Crippen LogP contribution is -2.19. The molecular weight excluding hydrogens is 230 g/mol. The molecule has 0 spiro atoms. The highest BCUT2D eigenvalue weighted by molar-refractivity contribution is 6.33. The Hall–Kier alpha value is -1.80. The van der Waals surface area contributed by atoms with Crippen LogP contribution in [0, 0.1) is 21.4 Å². The predicted octanol–water partition coefficient (Wildman–Crippen LogP) is 2.60. The van der Waals surface area contributed by atoms with Gasteiger partial charge in [-0.25, -0.2) is 0 Å². The van der Waals surface area contributed by atoms with Gasteiger partial charge in [-0.15, -0.1) is 0 Å². The van der Waals surface area contributed by atoms with Gasteiger partial charge in [0.15, 0.2) is 0 Å². The van der Waals surface area contributed by atoms with E-state index in [0.29, 0.717) is 18.7 Å². The SMILES string of the molecule is CN(CCC#N)c1cccc(Cl)c1[N+](=O)[O-]. The number of anilines is 1. The highest BCUT2D eigenvalue weighted by Gasteiger charge is 2.20. The van der Waals surface area contributed by atoms with Crippen molar-refractivity contribution in [2.24, 2.45) is 0 Å². The van der Waals surface area contributed by atoms with Gasteiger partial charge in [0.1, 0.15) is 10.7 Å². The fraction of sp³-hybridized carbons (Fsp3) is 0.300. The minimum atomic E-state index is -0.513. The van der Waals surface area contributed by atoms with E-state index >= 15 is 0 Å².